The van der Waals surface area contributed by atoms with E-state index in [4.69, 9.17) is 5.73 Å². The molecule has 7 heteroatoms. The molecule has 2 rings (SSSR count). The van der Waals surface area contributed by atoms with E-state index in [-0.39, 0.29) is 10.6 Å². The molecular weight excluding hydrogens is 281 g/mol. The minimum Gasteiger partial charge on any atom is -0.398 e. The Morgan fingerprint density at radius 3 is 2.60 bits per heavy atom. The van der Waals surface area contributed by atoms with Gasteiger partial charge in [-0.25, -0.2) is 12.8 Å². The van der Waals surface area contributed by atoms with Gasteiger partial charge in [-0.2, -0.15) is 4.31 Å². The van der Waals surface area contributed by atoms with Crippen molar-refractivity contribution in [3.8, 4) is 0 Å². The molecule has 0 unspecified atom stereocenters. The first kappa shape index (κ1) is 15.2. The second kappa shape index (κ2) is 6.07. The van der Waals surface area contributed by atoms with Crippen molar-refractivity contribution in [1.82, 2.24) is 9.21 Å². The average molecular weight is 301 g/mol. The number of nitrogen functional groups attached to an aromatic ring is 1. The Balaban J connectivity index is 2.08. The normalized spacial score (nSPS) is 16.9. The topological polar surface area (TPSA) is 66.6 Å². The van der Waals surface area contributed by atoms with Crippen molar-refractivity contribution in [2.45, 2.75) is 17.7 Å². The summed E-state index contributed by atoms with van der Waals surface area (Å²) in [5.74, 6) is -0.541. The zero-order valence-corrected chi connectivity index (χ0v) is 12.4. The van der Waals surface area contributed by atoms with Crippen LogP contribution in [0.1, 0.15) is 12.8 Å². The number of hydrogen-bond donors (Lipinski definition) is 1. The van der Waals surface area contributed by atoms with E-state index in [1.165, 1.54) is 30.3 Å². The summed E-state index contributed by atoms with van der Waals surface area (Å²) in [4.78, 5) is 2.20. The first-order valence-electron chi connectivity index (χ1n) is 6.65. The van der Waals surface area contributed by atoms with Crippen LogP contribution in [0.3, 0.4) is 0 Å². The van der Waals surface area contributed by atoms with Gasteiger partial charge in [-0.3, -0.25) is 0 Å². The van der Waals surface area contributed by atoms with E-state index in [0.717, 1.165) is 25.2 Å². The van der Waals surface area contributed by atoms with Gasteiger partial charge in [-0.1, -0.05) is 0 Å². The van der Waals surface area contributed by atoms with Gasteiger partial charge in [0.05, 0.1) is 5.69 Å². The van der Waals surface area contributed by atoms with Crippen molar-refractivity contribution in [3.05, 3.63) is 24.0 Å². The zero-order chi connectivity index (χ0) is 14.8. The Bertz CT molecular complexity index is 571. The SMILES string of the molecule is CN(CCN1CCCC1)S(=O)(=O)c1ccc(F)cc1N. The van der Waals surface area contributed by atoms with Crippen LogP contribution in [-0.2, 0) is 10.0 Å². The molecule has 0 bridgehead atoms. The van der Waals surface area contributed by atoms with E-state index in [0.29, 0.717) is 13.1 Å². The summed E-state index contributed by atoms with van der Waals surface area (Å²) >= 11 is 0. The molecule has 0 aromatic heterocycles. The average Bonchev–Trinajstić information content (AvgIpc) is 2.88. The molecular formula is C13H20FN3O2S. The maximum atomic E-state index is 13.0. The summed E-state index contributed by atoms with van der Waals surface area (Å²) in [6.45, 7) is 3.15. The smallest absolute Gasteiger partial charge is 0.244 e. The molecule has 0 aliphatic carbocycles. The summed E-state index contributed by atoms with van der Waals surface area (Å²) < 4.78 is 39.0. The van der Waals surface area contributed by atoms with E-state index in [1.807, 2.05) is 0 Å². The number of rotatable bonds is 5. The van der Waals surface area contributed by atoms with Crippen LogP contribution >= 0.6 is 0 Å². The third-order valence-electron chi connectivity index (χ3n) is 3.59. The lowest BCUT2D eigenvalue weighted by molar-refractivity contribution is 0.310. The first-order valence-corrected chi connectivity index (χ1v) is 8.09. The monoisotopic (exact) mass is 301 g/mol. The molecule has 0 saturated carbocycles. The molecule has 0 spiro atoms. The minimum atomic E-state index is -3.66. The van der Waals surface area contributed by atoms with Crippen LogP contribution in [0.2, 0.25) is 0 Å². The van der Waals surface area contributed by atoms with E-state index < -0.39 is 15.8 Å². The van der Waals surface area contributed by atoms with Gasteiger partial charge < -0.3 is 10.6 Å². The van der Waals surface area contributed by atoms with Gasteiger partial charge in [0.2, 0.25) is 10.0 Å². The quantitative estimate of drug-likeness (QED) is 0.828. The van der Waals surface area contributed by atoms with Crippen molar-refractivity contribution in [1.29, 1.82) is 0 Å². The molecule has 1 aromatic rings. The van der Waals surface area contributed by atoms with Crippen LogP contribution in [0.5, 0.6) is 0 Å². The largest absolute Gasteiger partial charge is 0.398 e. The molecule has 0 atom stereocenters. The van der Waals surface area contributed by atoms with Gasteiger partial charge in [0.15, 0.2) is 0 Å². The van der Waals surface area contributed by atoms with Gasteiger partial charge in [-0.15, -0.1) is 0 Å². The molecule has 20 heavy (non-hydrogen) atoms. The number of sulfonamides is 1. The van der Waals surface area contributed by atoms with Crippen molar-refractivity contribution in [2.75, 3.05) is 39.0 Å². The van der Waals surface area contributed by atoms with Crippen LogP contribution in [0.4, 0.5) is 10.1 Å². The van der Waals surface area contributed by atoms with Gasteiger partial charge in [-0.05, 0) is 44.1 Å². The van der Waals surface area contributed by atoms with Gasteiger partial charge in [0.25, 0.3) is 0 Å². The maximum absolute atomic E-state index is 13.0. The third-order valence-corrected chi connectivity index (χ3v) is 5.52. The lowest BCUT2D eigenvalue weighted by atomic mass is 10.3. The number of anilines is 1. The van der Waals surface area contributed by atoms with Crippen LogP contribution in [-0.4, -0.2) is 50.8 Å². The van der Waals surface area contributed by atoms with Gasteiger partial charge >= 0.3 is 0 Å². The Hall–Kier alpha value is -1.18. The molecule has 1 aliphatic heterocycles. The molecule has 0 radical (unpaired) electrons. The number of nitrogens with two attached hydrogens (primary N) is 1. The van der Waals surface area contributed by atoms with Gasteiger partial charge in [0.1, 0.15) is 10.7 Å². The Labute approximate surface area is 119 Å². The number of benzene rings is 1. The highest BCUT2D eigenvalue weighted by Gasteiger charge is 2.24. The van der Waals surface area contributed by atoms with E-state index in [2.05, 4.69) is 4.90 Å². The molecule has 0 amide bonds. The first-order chi connectivity index (χ1) is 9.41. The summed E-state index contributed by atoms with van der Waals surface area (Å²) in [7, 11) is -2.14. The van der Waals surface area contributed by atoms with Crippen molar-refractivity contribution < 1.29 is 12.8 Å². The fourth-order valence-corrected chi connectivity index (χ4v) is 3.59. The Kier molecular flexibility index (Phi) is 4.62. The van der Waals surface area contributed by atoms with E-state index in [1.54, 1.807) is 0 Å². The lowest BCUT2D eigenvalue weighted by Gasteiger charge is -2.21. The van der Waals surface area contributed by atoms with Crippen LogP contribution in [0.25, 0.3) is 0 Å². The number of likely N-dealkylation sites (N-methyl/N-ethyl adjacent to an activating group) is 1. The van der Waals surface area contributed by atoms with Crippen LogP contribution in [0.15, 0.2) is 23.1 Å². The third kappa shape index (κ3) is 3.28. The lowest BCUT2D eigenvalue weighted by Crippen LogP contribution is -2.35. The number of likely N-dealkylation sites (tertiary alicyclic amines) is 1. The van der Waals surface area contributed by atoms with Crippen molar-refractivity contribution in [3.63, 3.8) is 0 Å². The minimum absolute atomic E-state index is 0.0391. The molecule has 112 valence electrons. The summed E-state index contributed by atoms with van der Waals surface area (Å²) in [5.41, 5.74) is 5.55. The molecule has 5 nitrogen and oxygen atoms in total. The highest BCUT2D eigenvalue weighted by Crippen LogP contribution is 2.22. The number of halogens is 1. The molecule has 1 fully saturated rings. The molecule has 1 aliphatic rings. The highest BCUT2D eigenvalue weighted by atomic mass is 32.2. The summed E-state index contributed by atoms with van der Waals surface area (Å²) in [6, 6.07) is 3.35. The number of hydrogen-bond acceptors (Lipinski definition) is 4. The predicted molar refractivity (Wildman–Crippen MR) is 76.3 cm³/mol. The molecule has 1 saturated heterocycles. The van der Waals surface area contributed by atoms with Crippen molar-refractivity contribution in [2.24, 2.45) is 0 Å². The summed E-state index contributed by atoms with van der Waals surface area (Å²) in [5, 5.41) is 0. The predicted octanol–water partition coefficient (Wildman–Crippen LogP) is 1.12. The van der Waals surface area contributed by atoms with Crippen molar-refractivity contribution >= 4 is 15.7 Å². The Morgan fingerprint density at radius 2 is 2.00 bits per heavy atom. The maximum Gasteiger partial charge on any atom is 0.244 e. The highest BCUT2D eigenvalue weighted by molar-refractivity contribution is 7.89. The van der Waals surface area contributed by atoms with Gasteiger partial charge in [0, 0.05) is 20.1 Å². The van der Waals surface area contributed by atoms with Crippen LogP contribution < -0.4 is 5.73 Å². The van der Waals surface area contributed by atoms with E-state index >= 15 is 0 Å². The fourth-order valence-electron chi connectivity index (χ4n) is 2.33. The standard InChI is InChI=1S/C13H20FN3O2S/c1-16(8-9-17-6-2-3-7-17)20(18,19)13-5-4-11(14)10-12(13)15/h4-5,10H,2-3,6-9,15H2,1H3. The summed E-state index contributed by atoms with van der Waals surface area (Å²) in [6.07, 6.45) is 2.34. The van der Waals surface area contributed by atoms with Crippen LogP contribution in [0, 0.1) is 5.82 Å². The second-order valence-corrected chi connectivity index (χ2v) is 7.07. The molecule has 1 heterocycles. The molecule has 2 N–H and O–H groups in total. The van der Waals surface area contributed by atoms with E-state index in [9.17, 15) is 12.8 Å². The zero-order valence-electron chi connectivity index (χ0n) is 11.5. The molecule has 1 aromatic carbocycles. The number of nitrogens with zero attached hydrogens (tertiary/aromatic N) is 2. The fraction of sp³-hybridized carbons (Fsp3) is 0.538. The second-order valence-electron chi connectivity index (χ2n) is 5.06. The Morgan fingerprint density at radius 1 is 1.35 bits per heavy atom.